The Morgan fingerprint density at radius 2 is 1.17 bits per heavy atom. The van der Waals surface area contributed by atoms with Gasteiger partial charge in [0.25, 0.3) is 0 Å². The van der Waals surface area contributed by atoms with Crippen LogP contribution in [0.25, 0.3) is 45.2 Å². The van der Waals surface area contributed by atoms with Gasteiger partial charge in [-0.15, -0.1) is 0 Å². The van der Waals surface area contributed by atoms with E-state index in [0.29, 0.717) is 0 Å². The van der Waals surface area contributed by atoms with Crippen LogP contribution < -0.4 is 10.4 Å². The highest BCUT2D eigenvalue weighted by molar-refractivity contribution is 6.68. The topological polar surface area (TPSA) is 3.24 Å². The maximum atomic E-state index is 2.79. The zero-order valence-electron chi connectivity index (χ0n) is 41.9. The van der Waals surface area contributed by atoms with Crippen molar-refractivity contribution in [2.45, 2.75) is 155 Å². The fraction of sp³-hybridized carbons (Fsp3) is 0.375. The third-order valence-electron chi connectivity index (χ3n) is 18.3. The van der Waals surface area contributed by atoms with E-state index in [2.05, 4.69) is 191 Å². The summed E-state index contributed by atoms with van der Waals surface area (Å²) in [4.78, 5) is 2.79. The van der Waals surface area contributed by atoms with E-state index >= 15 is 0 Å². The summed E-state index contributed by atoms with van der Waals surface area (Å²) in [6.45, 7) is 29.7. The second-order valence-electron chi connectivity index (χ2n) is 24.5. The van der Waals surface area contributed by atoms with E-state index in [9.17, 15) is 0 Å². The van der Waals surface area contributed by atoms with Crippen molar-refractivity contribution in [1.29, 1.82) is 0 Å². The number of hydrogen-bond acceptors (Lipinski definition) is 1. The molecule has 1 aliphatic heterocycles. The third-order valence-corrected chi connectivity index (χ3v) is 18.3. The Morgan fingerprint density at radius 1 is 0.530 bits per heavy atom. The average molecular weight is 862 g/mol. The van der Waals surface area contributed by atoms with Gasteiger partial charge in [-0.25, -0.2) is 0 Å². The largest absolute Gasteiger partial charge is 0.311 e. The van der Waals surface area contributed by atoms with Gasteiger partial charge >= 0.3 is 0 Å². The van der Waals surface area contributed by atoms with Gasteiger partial charge in [0.05, 0.1) is 0 Å². The van der Waals surface area contributed by atoms with Crippen LogP contribution in [-0.4, -0.2) is 7.28 Å². The fourth-order valence-electron chi connectivity index (χ4n) is 14.0. The van der Waals surface area contributed by atoms with Gasteiger partial charge in [-0.2, -0.15) is 0 Å². The highest BCUT2D eigenvalue weighted by Crippen LogP contribution is 2.59. The molecule has 5 aliphatic carbocycles. The second-order valence-corrected chi connectivity index (χ2v) is 24.5. The summed E-state index contributed by atoms with van der Waals surface area (Å²) < 4.78 is 0. The van der Waals surface area contributed by atoms with Crippen molar-refractivity contribution >= 4 is 35.9 Å². The first-order valence-corrected chi connectivity index (χ1v) is 25.3. The van der Waals surface area contributed by atoms with Gasteiger partial charge in [0.1, 0.15) is 0 Å². The Hall–Kier alpha value is -5.34. The number of benzene rings is 6. The molecule has 6 aliphatic rings. The molecule has 2 heteroatoms. The van der Waals surface area contributed by atoms with Crippen molar-refractivity contribution in [3.05, 3.63) is 169 Å². The molecule has 0 radical (unpaired) electrons. The smallest absolute Gasteiger partial charge is 0.194 e. The van der Waals surface area contributed by atoms with E-state index in [0.717, 1.165) is 26.5 Å². The van der Waals surface area contributed by atoms with Crippen LogP contribution in [0.4, 0.5) is 11.4 Å². The molecule has 1 nitrogen and oxygen atoms in total. The van der Waals surface area contributed by atoms with Crippen molar-refractivity contribution in [2.75, 3.05) is 4.90 Å². The molecule has 6 aromatic rings. The fourth-order valence-corrected chi connectivity index (χ4v) is 14.0. The summed E-state index contributed by atoms with van der Waals surface area (Å²) in [5, 5.41) is 0. The normalized spacial score (nSPS) is 20.3. The molecule has 0 saturated heterocycles. The van der Waals surface area contributed by atoms with Gasteiger partial charge < -0.3 is 4.90 Å². The standard InChI is InChI=1S/C64H68BN/c1-37-24-25-39-18-13-15-20-45(39)54(37)43-22-17-23-44(38(43)2)56-55-41(32-40-19-14-16-21-46(40)55)33-53-57(56)65-59-58(66(53)42-26-27-48-50(34-42)61(5,6)29-28-60(48,3)4)47-35-51-52(36-49(47)64(59,11)12)63(9,10)31-30-62(51,7)8/h13-14,16-19,21-27,33-36,65H,15,20,28-32H2,1-12H3. The number of fused-ring (bicyclic) bond motifs is 9. The number of rotatable bonds is 3. The van der Waals surface area contributed by atoms with Crippen molar-refractivity contribution in [2.24, 2.45) is 0 Å². The lowest BCUT2D eigenvalue weighted by Gasteiger charge is -2.44. The molecular formula is C64H68BN. The number of anilines is 2. The van der Waals surface area contributed by atoms with E-state index in [1.807, 2.05) is 0 Å². The summed E-state index contributed by atoms with van der Waals surface area (Å²) in [5.41, 5.74) is 33.6. The molecule has 0 spiro atoms. The van der Waals surface area contributed by atoms with Gasteiger partial charge in [-0.1, -0.05) is 154 Å². The molecule has 332 valence electrons. The molecule has 66 heavy (non-hydrogen) atoms. The molecule has 0 saturated carbocycles. The SMILES string of the molecule is Cc1ccc2c(c1-c1cccc(-c3c4c(cc5c3-c3ccccc3C5)N(c3ccc5c(c3)C(C)(C)CCC5(C)C)C3=C(B4)C(C)(C)c4cc5c(cc43)C(C)(C)CCC5(C)C)c1C)CCC=C2. The van der Waals surface area contributed by atoms with E-state index in [1.165, 1.54) is 137 Å². The monoisotopic (exact) mass is 862 g/mol. The lowest BCUT2D eigenvalue weighted by atomic mass is 9.51. The molecule has 0 N–H and O–H groups in total. The maximum Gasteiger partial charge on any atom is 0.194 e. The first kappa shape index (κ1) is 42.0. The molecule has 0 bridgehead atoms. The summed E-state index contributed by atoms with van der Waals surface area (Å²) in [6.07, 6.45) is 12.7. The zero-order chi connectivity index (χ0) is 46.0. The van der Waals surface area contributed by atoms with Crippen LogP contribution in [0.2, 0.25) is 0 Å². The number of nitrogens with zero attached hydrogens (tertiary/aromatic N) is 1. The number of hydrogen-bond donors (Lipinski definition) is 0. The summed E-state index contributed by atoms with van der Waals surface area (Å²) in [6, 6.07) is 36.9. The number of aryl methyl sites for hydroxylation is 1. The lowest BCUT2D eigenvalue weighted by molar-refractivity contribution is 0.331. The van der Waals surface area contributed by atoms with Gasteiger partial charge in [-0.05, 0) is 205 Å². The van der Waals surface area contributed by atoms with Crippen LogP contribution in [0.3, 0.4) is 0 Å². The molecule has 12 rings (SSSR count). The van der Waals surface area contributed by atoms with Gasteiger partial charge in [-0.3, -0.25) is 0 Å². The lowest BCUT2D eigenvalue weighted by Crippen LogP contribution is -2.39. The Bertz CT molecular complexity index is 3190. The quantitative estimate of drug-likeness (QED) is 0.160. The molecule has 0 fully saturated rings. The summed E-state index contributed by atoms with van der Waals surface area (Å²) >= 11 is 0. The van der Waals surface area contributed by atoms with Crippen LogP contribution in [0.5, 0.6) is 0 Å². The van der Waals surface area contributed by atoms with Gasteiger partial charge in [0, 0.05) is 28.1 Å². The van der Waals surface area contributed by atoms with E-state index < -0.39 is 0 Å². The predicted octanol–water partition coefficient (Wildman–Crippen LogP) is 15.7. The molecule has 0 aromatic heterocycles. The highest BCUT2D eigenvalue weighted by atomic mass is 15.2. The number of allylic oxidation sites excluding steroid dienone is 2. The summed E-state index contributed by atoms with van der Waals surface area (Å²) in [5.74, 6) is 0. The second kappa shape index (κ2) is 13.9. The van der Waals surface area contributed by atoms with Gasteiger partial charge in [0.2, 0.25) is 0 Å². The van der Waals surface area contributed by atoms with Crippen LogP contribution >= 0.6 is 0 Å². The predicted molar refractivity (Wildman–Crippen MR) is 285 cm³/mol. The first-order valence-electron chi connectivity index (χ1n) is 25.3. The minimum Gasteiger partial charge on any atom is -0.311 e. The van der Waals surface area contributed by atoms with E-state index in [4.69, 9.17) is 0 Å². The summed E-state index contributed by atoms with van der Waals surface area (Å²) in [7, 11) is 0.919. The Morgan fingerprint density at radius 3 is 1.89 bits per heavy atom. The van der Waals surface area contributed by atoms with Crippen LogP contribution in [0.1, 0.15) is 168 Å². The maximum absolute atomic E-state index is 2.79. The van der Waals surface area contributed by atoms with Crippen molar-refractivity contribution in [3.63, 3.8) is 0 Å². The van der Waals surface area contributed by atoms with Crippen molar-refractivity contribution in [1.82, 2.24) is 0 Å². The molecule has 0 unspecified atom stereocenters. The highest BCUT2D eigenvalue weighted by Gasteiger charge is 2.48. The molecular weight excluding hydrogens is 794 g/mol. The Balaban J connectivity index is 1.17. The van der Waals surface area contributed by atoms with Crippen molar-refractivity contribution in [3.8, 4) is 33.4 Å². The molecule has 0 atom stereocenters. The average Bonchev–Trinajstić information content (AvgIpc) is 3.76. The Kier molecular flexibility index (Phi) is 8.84. The van der Waals surface area contributed by atoms with Gasteiger partial charge in [0.15, 0.2) is 7.28 Å². The minimum absolute atomic E-state index is 0.0884. The van der Waals surface area contributed by atoms with Crippen molar-refractivity contribution < 1.29 is 0 Å². The van der Waals surface area contributed by atoms with Crippen LogP contribution in [0.15, 0.2) is 103 Å². The molecule has 1 heterocycles. The van der Waals surface area contributed by atoms with Crippen LogP contribution in [0, 0.1) is 13.8 Å². The first-order chi connectivity index (χ1) is 31.3. The molecule has 0 amide bonds. The zero-order valence-corrected chi connectivity index (χ0v) is 41.9. The molecule has 6 aromatic carbocycles. The van der Waals surface area contributed by atoms with E-state index in [-0.39, 0.29) is 27.1 Å². The third kappa shape index (κ3) is 5.85. The minimum atomic E-state index is -0.165. The van der Waals surface area contributed by atoms with E-state index in [1.54, 1.807) is 16.6 Å². The Labute approximate surface area is 396 Å². The van der Waals surface area contributed by atoms with Crippen LogP contribution in [-0.2, 0) is 39.9 Å².